The highest BCUT2D eigenvalue weighted by atomic mass is 35.5. The fourth-order valence-electron chi connectivity index (χ4n) is 4.72. The number of hydrogen-bond donors (Lipinski definition) is 2. The second-order valence-electron chi connectivity index (χ2n) is 9.76. The van der Waals surface area contributed by atoms with Gasteiger partial charge >= 0.3 is 18.5 Å². The molecule has 1 aromatic carbocycles. The van der Waals surface area contributed by atoms with Crippen LogP contribution in [0, 0.1) is 0 Å². The van der Waals surface area contributed by atoms with Crippen molar-refractivity contribution < 1.29 is 49.1 Å². The van der Waals surface area contributed by atoms with E-state index in [0.717, 1.165) is 6.07 Å². The molecule has 0 bridgehead atoms. The molecular weight excluding hydrogens is 609 g/mol. The average molecular weight is 630 g/mol. The van der Waals surface area contributed by atoms with Gasteiger partial charge < -0.3 is 20.1 Å². The minimum atomic E-state index is -5.15. The van der Waals surface area contributed by atoms with Crippen LogP contribution in [0.1, 0.15) is 35.0 Å². The maximum atomic E-state index is 13.5. The van der Waals surface area contributed by atoms with E-state index in [1.807, 2.05) is 0 Å². The van der Waals surface area contributed by atoms with Crippen molar-refractivity contribution in [3.05, 3.63) is 58.5 Å². The predicted molar refractivity (Wildman–Crippen MR) is 133 cm³/mol. The number of rotatable bonds is 5. The van der Waals surface area contributed by atoms with Crippen molar-refractivity contribution in [2.45, 2.75) is 50.5 Å². The molecule has 4 rings (SSSR count). The number of fused-ring (bicyclic) bond motifs is 1. The molecule has 0 spiro atoms. The monoisotopic (exact) mass is 629 g/mol. The molecule has 3 heterocycles. The molecular formula is C25H21ClF9N5O2. The Morgan fingerprint density at radius 1 is 0.976 bits per heavy atom. The van der Waals surface area contributed by atoms with Gasteiger partial charge in [0, 0.05) is 60.6 Å². The van der Waals surface area contributed by atoms with Crippen molar-refractivity contribution in [2.75, 3.05) is 18.4 Å². The molecule has 1 fully saturated rings. The van der Waals surface area contributed by atoms with Gasteiger partial charge in [-0.05, 0) is 30.7 Å². The number of aromatic nitrogens is 2. The third-order valence-corrected chi connectivity index (χ3v) is 6.68. The molecule has 1 saturated heterocycles. The Hall–Kier alpha value is -3.69. The molecule has 3 aromatic rings. The van der Waals surface area contributed by atoms with E-state index < -0.39 is 65.8 Å². The van der Waals surface area contributed by atoms with Crippen LogP contribution in [-0.4, -0.2) is 57.6 Å². The van der Waals surface area contributed by atoms with E-state index in [-0.39, 0.29) is 51.9 Å². The first-order valence-electron chi connectivity index (χ1n) is 12.1. The van der Waals surface area contributed by atoms with E-state index in [1.165, 1.54) is 30.0 Å². The van der Waals surface area contributed by atoms with Gasteiger partial charge in [-0.3, -0.25) is 9.59 Å². The van der Waals surface area contributed by atoms with E-state index >= 15 is 0 Å². The molecule has 42 heavy (non-hydrogen) atoms. The van der Waals surface area contributed by atoms with Crippen LogP contribution in [0.15, 0.2) is 36.7 Å². The second kappa shape index (κ2) is 11.2. The maximum absolute atomic E-state index is 13.5. The Morgan fingerprint density at radius 3 is 2.24 bits per heavy atom. The Kier molecular flexibility index (Phi) is 8.32. The molecule has 7 nitrogen and oxygen atoms in total. The van der Waals surface area contributed by atoms with Gasteiger partial charge in [0.1, 0.15) is 12.2 Å². The minimum Gasteiger partial charge on any atom is -0.380 e. The van der Waals surface area contributed by atoms with E-state index in [9.17, 15) is 49.1 Å². The molecule has 1 aliphatic rings. The van der Waals surface area contributed by atoms with Gasteiger partial charge in [0.05, 0.1) is 16.6 Å². The van der Waals surface area contributed by atoms with E-state index in [4.69, 9.17) is 11.6 Å². The van der Waals surface area contributed by atoms with Gasteiger partial charge in [-0.1, -0.05) is 11.6 Å². The standard InChI is InChI=1S/C25H21ClF9N5O2/c1-12(41)40-7-14(36-20-6-21(25(33,34)35)38-19-3-2-13(26)4-16(19)20)5-15(8-40)37-22(42)17-9-39(11-23(27,28)29)10-18(17)24(30,31)32/h2-4,6,9-10,14-15H,5,7-8,11H2,1H3,(H,36,38)(H,37,42)/t14-,15+/m1/s1. The Balaban J connectivity index is 1.63. The van der Waals surface area contributed by atoms with Crippen LogP contribution in [0.4, 0.5) is 45.2 Å². The molecule has 1 aliphatic heterocycles. The summed E-state index contributed by atoms with van der Waals surface area (Å²) in [6.45, 7) is -0.784. The first-order valence-corrected chi connectivity index (χ1v) is 12.5. The van der Waals surface area contributed by atoms with Gasteiger partial charge in [-0.25, -0.2) is 4.98 Å². The summed E-state index contributed by atoms with van der Waals surface area (Å²) in [5, 5.41) is 5.65. The number of anilines is 1. The third-order valence-electron chi connectivity index (χ3n) is 6.44. The summed E-state index contributed by atoms with van der Waals surface area (Å²) >= 11 is 6.03. The van der Waals surface area contributed by atoms with Gasteiger partial charge in [-0.2, -0.15) is 39.5 Å². The first-order chi connectivity index (χ1) is 19.3. The number of likely N-dealkylation sites (tertiary alicyclic amines) is 1. The summed E-state index contributed by atoms with van der Waals surface area (Å²) in [5.41, 5.74) is -3.94. The van der Waals surface area contributed by atoms with Crippen molar-refractivity contribution in [3.8, 4) is 0 Å². The number of carbonyl (C=O) groups is 2. The molecule has 0 unspecified atom stereocenters. The lowest BCUT2D eigenvalue weighted by Gasteiger charge is -2.38. The summed E-state index contributed by atoms with van der Waals surface area (Å²) in [7, 11) is 0. The molecule has 17 heteroatoms. The number of alkyl halides is 9. The Bertz CT molecular complexity index is 1500. The number of nitrogens with zero attached hydrogens (tertiary/aromatic N) is 3. The van der Waals surface area contributed by atoms with Gasteiger partial charge in [0.15, 0.2) is 0 Å². The van der Waals surface area contributed by atoms with Crippen LogP contribution in [0.25, 0.3) is 10.9 Å². The second-order valence-corrected chi connectivity index (χ2v) is 10.2. The number of benzene rings is 1. The van der Waals surface area contributed by atoms with Crippen LogP contribution in [0.2, 0.25) is 5.02 Å². The van der Waals surface area contributed by atoms with Crippen molar-refractivity contribution in [1.82, 2.24) is 19.8 Å². The molecule has 2 atom stereocenters. The van der Waals surface area contributed by atoms with Gasteiger partial charge in [0.25, 0.3) is 5.91 Å². The van der Waals surface area contributed by atoms with Crippen LogP contribution < -0.4 is 10.6 Å². The van der Waals surface area contributed by atoms with Crippen LogP contribution in [0.5, 0.6) is 0 Å². The minimum absolute atomic E-state index is 0.0381. The number of piperidine rings is 1. The zero-order valence-corrected chi connectivity index (χ0v) is 22.1. The molecule has 2 aromatic heterocycles. The van der Waals surface area contributed by atoms with Crippen molar-refractivity contribution in [3.63, 3.8) is 0 Å². The smallest absolute Gasteiger partial charge is 0.380 e. The number of halogens is 10. The lowest BCUT2D eigenvalue weighted by molar-refractivity contribution is -0.143. The summed E-state index contributed by atoms with van der Waals surface area (Å²) in [6, 6.07) is 2.93. The van der Waals surface area contributed by atoms with E-state index in [1.54, 1.807) is 0 Å². The highest BCUT2D eigenvalue weighted by molar-refractivity contribution is 6.31. The van der Waals surface area contributed by atoms with Crippen molar-refractivity contribution >= 4 is 40.0 Å². The highest BCUT2D eigenvalue weighted by Gasteiger charge is 2.40. The quantitative estimate of drug-likeness (QED) is 0.334. The highest BCUT2D eigenvalue weighted by Crippen LogP contribution is 2.36. The zero-order valence-electron chi connectivity index (χ0n) is 21.4. The van der Waals surface area contributed by atoms with Gasteiger partial charge in [-0.15, -0.1) is 0 Å². The summed E-state index contributed by atoms with van der Waals surface area (Å²) in [4.78, 5) is 29.9. The average Bonchev–Trinajstić information content (AvgIpc) is 3.26. The predicted octanol–water partition coefficient (Wildman–Crippen LogP) is 6.12. The summed E-state index contributed by atoms with van der Waals surface area (Å²) in [5.74, 6) is -1.83. The lowest BCUT2D eigenvalue weighted by Crippen LogP contribution is -2.55. The van der Waals surface area contributed by atoms with Gasteiger partial charge in [0.2, 0.25) is 5.91 Å². The maximum Gasteiger partial charge on any atom is 0.433 e. The largest absolute Gasteiger partial charge is 0.433 e. The fourth-order valence-corrected chi connectivity index (χ4v) is 4.90. The van der Waals surface area contributed by atoms with E-state index in [0.29, 0.717) is 6.20 Å². The van der Waals surface area contributed by atoms with E-state index in [2.05, 4.69) is 15.6 Å². The summed E-state index contributed by atoms with van der Waals surface area (Å²) < 4.78 is 120. The number of amides is 2. The molecule has 228 valence electrons. The van der Waals surface area contributed by atoms with Crippen LogP contribution in [-0.2, 0) is 23.7 Å². The number of hydrogen-bond acceptors (Lipinski definition) is 4. The Labute approximate surface area is 236 Å². The normalized spacial score (nSPS) is 18.3. The van der Waals surface area contributed by atoms with Crippen LogP contribution >= 0.6 is 11.6 Å². The lowest BCUT2D eigenvalue weighted by atomic mass is 9.99. The molecule has 2 amide bonds. The van der Waals surface area contributed by atoms with Crippen LogP contribution in [0.3, 0.4) is 0 Å². The SMILES string of the molecule is CC(=O)N1C[C@@H](NC(=O)c2cn(CC(F)(F)F)cc2C(F)(F)F)C[C@@H](Nc2cc(C(F)(F)F)nc3ccc(Cl)cc23)C1. The van der Waals surface area contributed by atoms with Crippen molar-refractivity contribution in [2.24, 2.45) is 0 Å². The third kappa shape index (κ3) is 7.38. The molecule has 0 radical (unpaired) electrons. The zero-order chi connectivity index (χ0) is 31.2. The fraction of sp³-hybridized carbons (Fsp3) is 0.400. The number of carbonyl (C=O) groups excluding carboxylic acids is 2. The molecule has 2 N–H and O–H groups in total. The number of nitrogens with one attached hydrogen (secondary N) is 2. The molecule has 0 saturated carbocycles. The Morgan fingerprint density at radius 2 is 1.64 bits per heavy atom. The topological polar surface area (TPSA) is 79.3 Å². The first kappa shape index (κ1) is 31.3. The van der Waals surface area contributed by atoms with Crippen molar-refractivity contribution in [1.29, 1.82) is 0 Å². The number of pyridine rings is 1. The molecule has 0 aliphatic carbocycles. The summed E-state index contributed by atoms with van der Waals surface area (Å²) in [6.07, 6.45) is -14.3.